The fourth-order valence-electron chi connectivity index (χ4n) is 1.53. The molecule has 0 aromatic carbocycles. The lowest BCUT2D eigenvalue weighted by Crippen LogP contribution is -2.29. The Morgan fingerprint density at radius 2 is 2.24 bits per heavy atom. The minimum absolute atomic E-state index is 0.0527. The third-order valence-corrected chi connectivity index (χ3v) is 2.58. The van der Waals surface area contributed by atoms with Crippen LogP contribution in [-0.2, 0) is 6.42 Å². The molecule has 0 aliphatic carbocycles. The van der Waals surface area contributed by atoms with Crippen molar-refractivity contribution in [2.24, 2.45) is 0 Å². The molecule has 5 heteroatoms. The lowest BCUT2D eigenvalue weighted by Gasteiger charge is -2.16. The summed E-state index contributed by atoms with van der Waals surface area (Å²) in [7, 11) is 1.65. The van der Waals surface area contributed by atoms with Crippen LogP contribution in [-0.4, -0.2) is 41.1 Å². The number of aryl methyl sites for hydroxylation is 1. The van der Waals surface area contributed by atoms with Crippen LogP contribution in [0.5, 0.6) is 0 Å². The summed E-state index contributed by atoms with van der Waals surface area (Å²) in [6, 6.07) is 3.31. The maximum Gasteiger partial charge on any atom is 0.253 e. The summed E-state index contributed by atoms with van der Waals surface area (Å²) in [6.45, 7) is 2.30. The van der Waals surface area contributed by atoms with Gasteiger partial charge in [-0.25, -0.2) is 4.98 Å². The second kappa shape index (κ2) is 6.57. The Morgan fingerprint density at radius 3 is 2.82 bits per heavy atom. The SMILES string of the molecule is CCCc1cc(C(=O)N(C)CCO)cc(Cl)n1. The van der Waals surface area contributed by atoms with Crippen LogP contribution in [0.4, 0.5) is 0 Å². The predicted octanol–water partition coefficient (Wildman–Crippen LogP) is 1.75. The van der Waals surface area contributed by atoms with Crippen LogP contribution in [0.3, 0.4) is 0 Å². The summed E-state index contributed by atoms with van der Waals surface area (Å²) in [5.41, 5.74) is 1.34. The van der Waals surface area contributed by atoms with Gasteiger partial charge >= 0.3 is 0 Å². The summed E-state index contributed by atoms with van der Waals surface area (Å²) in [5.74, 6) is -0.152. The van der Waals surface area contributed by atoms with Gasteiger partial charge < -0.3 is 10.0 Å². The van der Waals surface area contributed by atoms with Crippen molar-refractivity contribution >= 4 is 17.5 Å². The molecule has 0 radical (unpaired) electrons. The Bertz CT molecular complexity index is 396. The van der Waals surface area contributed by atoms with E-state index in [1.165, 1.54) is 4.90 Å². The number of carbonyl (C=O) groups excluding carboxylic acids is 1. The number of aliphatic hydroxyl groups excluding tert-OH is 1. The van der Waals surface area contributed by atoms with E-state index in [9.17, 15) is 4.79 Å². The highest BCUT2D eigenvalue weighted by atomic mass is 35.5. The molecule has 94 valence electrons. The summed E-state index contributed by atoms with van der Waals surface area (Å²) >= 11 is 5.88. The minimum Gasteiger partial charge on any atom is -0.395 e. The molecule has 4 nitrogen and oxygen atoms in total. The molecule has 1 amide bonds. The number of hydrogen-bond donors (Lipinski definition) is 1. The number of likely N-dealkylation sites (N-methyl/N-ethyl adjacent to an activating group) is 1. The first-order valence-corrected chi connectivity index (χ1v) is 5.99. The smallest absolute Gasteiger partial charge is 0.253 e. The number of rotatable bonds is 5. The monoisotopic (exact) mass is 256 g/mol. The van der Waals surface area contributed by atoms with Gasteiger partial charge in [-0.05, 0) is 18.6 Å². The van der Waals surface area contributed by atoms with Crippen LogP contribution >= 0.6 is 11.6 Å². The van der Waals surface area contributed by atoms with E-state index in [2.05, 4.69) is 4.98 Å². The van der Waals surface area contributed by atoms with E-state index in [4.69, 9.17) is 16.7 Å². The molecule has 1 N–H and O–H groups in total. The molecule has 0 atom stereocenters. The third-order valence-electron chi connectivity index (χ3n) is 2.38. The lowest BCUT2D eigenvalue weighted by atomic mass is 10.1. The topological polar surface area (TPSA) is 53.4 Å². The summed E-state index contributed by atoms with van der Waals surface area (Å²) in [4.78, 5) is 17.6. The molecule has 17 heavy (non-hydrogen) atoms. The van der Waals surface area contributed by atoms with Crippen molar-refractivity contribution in [1.82, 2.24) is 9.88 Å². The van der Waals surface area contributed by atoms with Crippen LogP contribution < -0.4 is 0 Å². The van der Waals surface area contributed by atoms with Crippen LogP contribution in [0.1, 0.15) is 29.4 Å². The summed E-state index contributed by atoms with van der Waals surface area (Å²) < 4.78 is 0. The van der Waals surface area contributed by atoms with Gasteiger partial charge in [-0.1, -0.05) is 24.9 Å². The van der Waals surface area contributed by atoms with Gasteiger partial charge in [-0.15, -0.1) is 0 Å². The summed E-state index contributed by atoms with van der Waals surface area (Å²) in [6.07, 6.45) is 1.75. The number of aromatic nitrogens is 1. The Labute approximate surface area is 106 Å². The first-order chi connectivity index (χ1) is 8.08. The maximum atomic E-state index is 12.0. The molecule has 1 heterocycles. The molecular formula is C12H17ClN2O2. The van der Waals surface area contributed by atoms with E-state index in [1.807, 2.05) is 6.92 Å². The zero-order valence-electron chi connectivity index (χ0n) is 10.1. The molecule has 1 aromatic rings. The number of carbonyl (C=O) groups is 1. The van der Waals surface area contributed by atoms with E-state index < -0.39 is 0 Å². The Kier molecular flexibility index (Phi) is 5.38. The van der Waals surface area contributed by atoms with Gasteiger partial charge in [0.05, 0.1) is 6.61 Å². The lowest BCUT2D eigenvalue weighted by molar-refractivity contribution is 0.0766. The van der Waals surface area contributed by atoms with Crippen LogP contribution in [0.25, 0.3) is 0 Å². The quantitative estimate of drug-likeness (QED) is 0.817. The van der Waals surface area contributed by atoms with Gasteiger partial charge in [0.25, 0.3) is 5.91 Å². The van der Waals surface area contributed by atoms with Crippen LogP contribution in [0, 0.1) is 0 Å². The van der Waals surface area contributed by atoms with Crippen molar-refractivity contribution in [3.8, 4) is 0 Å². The van der Waals surface area contributed by atoms with E-state index in [1.54, 1.807) is 19.2 Å². The molecule has 0 aliphatic heterocycles. The number of halogens is 1. The molecule has 1 rings (SSSR count). The molecule has 0 saturated carbocycles. The van der Waals surface area contributed by atoms with Crippen LogP contribution in [0.15, 0.2) is 12.1 Å². The molecule has 0 fully saturated rings. The average molecular weight is 257 g/mol. The molecule has 1 aromatic heterocycles. The van der Waals surface area contributed by atoms with Crippen molar-refractivity contribution < 1.29 is 9.90 Å². The highest BCUT2D eigenvalue weighted by molar-refractivity contribution is 6.29. The molecule has 0 aliphatic rings. The second-order valence-electron chi connectivity index (χ2n) is 3.87. The van der Waals surface area contributed by atoms with Gasteiger partial charge in [-0.2, -0.15) is 0 Å². The van der Waals surface area contributed by atoms with Crippen molar-refractivity contribution in [2.45, 2.75) is 19.8 Å². The van der Waals surface area contributed by atoms with Crippen molar-refractivity contribution in [2.75, 3.05) is 20.2 Å². The fraction of sp³-hybridized carbons (Fsp3) is 0.500. The first-order valence-electron chi connectivity index (χ1n) is 5.61. The van der Waals surface area contributed by atoms with Gasteiger partial charge in [0, 0.05) is 24.8 Å². The molecule has 0 saturated heterocycles. The molecule has 0 unspecified atom stereocenters. The van der Waals surface area contributed by atoms with Crippen molar-refractivity contribution in [3.63, 3.8) is 0 Å². The van der Waals surface area contributed by atoms with Crippen molar-refractivity contribution in [1.29, 1.82) is 0 Å². The summed E-state index contributed by atoms with van der Waals surface area (Å²) in [5, 5.41) is 9.12. The standard InChI is InChI=1S/C12H17ClN2O2/c1-3-4-10-7-9(8-11(13)14-10)12(17)15(2)5-6-16/h7-8,16H,3-6H2,1-2H3. The Hall–Kier alpha value is -1.13. The molecule has 0 bridgehead atoms. The van der Waals surface area contributed by atoms with Gasteiger partial charge in [0.2, 0.25) is 0 Å². The van der Waals surface area contributed by atoms with Gasteiger partial charge in [0.15, 0.2) is 0 Å². The number of pyridine rings is 1. The van der Waals surface area contributed by atoms with Crippen molar-refractivity contribution in [3.05, 3.63) is 28.5 Å². The normalized spacial score (nSPS) is 10.4. The minimum atomic E-state index is -0.152. The first kappa shape index (κ1) is 13.9. The largest absolute Gasteiger partial charge is 0.395 e. The second-order valence-corrected chi connectivity index (χ2v) is 4.26. The average Bonchev–Trinajstić information content (AvgIpc) is 2.28. The van der Waals surface area contributed by atoms with E-state index >= 15 is 0 Å². The number of amides is 1. The Morgan fingerprint density at radius 1 is 1.53 bits per heavy atom. The highest BCUT2D eigenvalue weighted by Crippen LogP contribution is 2.13. The molecule has 0 spiro atoms. The number of nitrogens with zero attached hydrogens (tertiary/aromatic N) is 2. The third kappa shape index (κ3) is 3.98. The predicted molar refractivity (Wildman–Crippen MR) is 67.3 cm³/mol. The maximum absolute atomic E-state index is 12.0. The highest BCUT2D eigenvalue weighted by Gasteiger charge is 2.13. The number of aliphatic hydroxyl groups is 1. The van der Waals surface area contributed by atoms with E-state index in [-0.39, 0.29) is 12.5 Å². The number of hydrogen-bond acceptors (Lipinski definition) is 3. The van der Waals surface area contributed by atoms with Crippen LogP contribution in [0.2, 0.25) is 5.15 Å². The molecular weight excluding hydrogens is 240 g/mol. The van der Waals surface area contributed by atoms with E-state index in [0.29, 0.717) is 17.3 Å². The zero-order valence-corrected chi connectivity index (χ0v) is 10.9. The fourth-order valence-corrected chi connectivity index (χ4v) is 1.76. The van der Waals surface area contributed by atoms with E-state index in [0.717, 1.165) is 18.5 Å². The Balaban J connectivity index is 2.92. The zero-order chi connectivity index (χ0) is 12.8. The van der Waals surface area contributed by atoms with Gasteiger partial charge in [0.1, 0.15) is 5.15 Å². The van der Waals surface area contributed by atoms with Gasteiger partial charge in [-0.3, -0.25) is 4.79 Å².